The van der Waals surface area contributed by atoms with Crippen molar-refractivity contribution >= 4 is 40.9 Å². The SMILES string of the molecule is CCn1cccc1/C=C1\C(=O)NC(=S)N(c2ccccc2)C1=O. The van der Waals surface area contributed by atoms with E-state index < -0.39 is 11.8 Å². The summed E-state index contributed by atoms with van der Waals surface area (Å²) in [5.41, 5.74) is 1.49. The second kappa shape index (κ2) is 6.18. The van der Waals surface area contributed by atoms with Crippen molar-refractivity contribution in [2.24, 2.45) is 0 Å². The van der Waals surface area contributed by atoms with Crippen LogP contribution in [0.4, 0.5) is 5.69 Å². The maximum absolute atomic E-state index is 12.8. The fourth-order valence-corrected chi connectivity index (χ4v) is 2.74. The number of amides is 2. The molecule has 0 bridgehead atoms. The molecular weight excluding hydrogens is 310 g/mol. The van der Waals surface area contributed by atoms with Crippen molar-refractivity contribution in [3.05, 3.63) is 59.9 Å². The summed E-state index contributed by atoms with van der Waals surface area (Å²) in [6.45, 7) is 2.75. The van der Waals surface area contributed by atoms with Crippen molar-refractivity contribution in [3.8, 4) is 0 Å². The second-order valence-corrected chi connectivity index (χ2v) is 5.40. The minimum Gasteiger partial charge on any atom is -0.348 e. The fraction of sp³-hybridized carbons (Fsp3) is 0.118. The third-order valence-corrected chi connectivity index (χ3v) is 3.90. The molecule has 2 amide bonds. The van der Waals surface area contributed by atoms with E-state index >= 15 is 0 Å². The summed E-state index contributed by atoms with van der Waals surface area (Å²) in [7, 11) is 0. The lowest BCUT2D eigenvalue weighted by Crippen LogP contribution is -2.54. The molecule has 0 aliphatic carbocycles. The summed E-state index contributed by atoms with van der Waals surface area (Å²) < 4.78 is 1.95. The maximum Gasteiger partial charge on any atom is 0.270 e. The van der Waals surface area contributed by atoms with Gasteiger partial charge in [-0.15, -0.1) is 0 Å². The molecule has 0 unspecified atom stereocenters. The van der Waals surface area contributed by atoms with Crippen LogP contribution in [0.5, 0.6) is 0 Å². The summed E-state index contributed by atoms with van der Waals surface area (Å²) in [5, 5.41) is 2.67. The number of hydrogen-bond donors (Lipinski definition) is 1. The quantitative estimate of drug-likeness (QED) is 0.535. The van der Waals surface area contributed by atoms with Gasteiger partial charge in [-0.05, 0) is 49.5 Å². The van der Waals surface area contributed by atoms with Gasteiger partial charge < -0.3 is 4.57 Å². The highest BCUT2D eigenvalue weighted by Gasteiger charge is 2.34. The smallest absolute Gasteiger partial charge is 0.270 e. The Balaban J connectivity index is 2.02. The molecule has 0 spiro atoms. The lowest BCUT2D eigenvalue weighted by atomic mass is 10.1. The highest BCUT2D eigenvalue weighted by Crippen LogP contribution is 2.21. The Morgan fingerprint density at radius 3 is 2.57 bits per heavy atom. The zero-order valence-corrected chi connectivity index (χ0v) is 13.3. The number of carbonyl (C=O) groups excluding carboxylic acids is 2. The van der Waals surface area contributed by atoms with Crippen LogP contribution in [0.2, 0.25) is 0 Å². The van der Waals surface area contributed by atoms with Crippen molar-refractivity contribution < 1.29 is 9.59 Å². The molecule has 1 saturated heterocycles. The van der Waals surface area contributed by atoms with Crippen LogP contribution in [0.3, 0.4) is 0 Å². The van der Waals surface area contributed by atoms with Crippen molar-refractivity contribution in [2.75, 3.05) is 4.90 Å². The Labute approximate surface area is 139 Å². The summed E-state index contributed by atoms with van der Waals surface area (Å²) in [6.07, 6.45) is 3.50. The van der Waals surface area contributed by atoms with Gasteiger partial charge in [0.1, 0.15) is 5.57 Å². The van der Waals surface area contributed by atoms with E-state index in [4.69, 9.17) is 12.2 Å². The number of aryl methyl sites for hydroxylation is 1. The number of nitrogens with one attached hydrogen (secondary N) is 1. The van der Waals surface area contributed by atoms with Crippen LogP contribution in [0.15, 0.2) is 54.2 Å². The Morgan fingerprint density at radius 2 is 1.87 bits per heavy atom. The fourth-order valence-electron chi connectivity index (χ4n) is 2.46. The van der Waals surface area contributed by atoms with Gasteiger partial charge in [0.25, 0.3) is 11.8 Å². The topological polar surface area (TPSA) is 54.3 Å². The van der Waals surface area contributed by atoms with E-state index in [1.54, 1.807) is 18.2 Å². The minimum atomic E-state index is -0.476. The second-order valence-electron chi connectivity index (χ2n) is 5.01. The van der Waals surface area contributed by atoms with Gasteiger partial charge in [-0.3, -0.25) is 19.8 Å². The molecule has 1 aliphatic rings. The standard InChI is InChI=1S/C17H15N3O2S/c1-2-19-10-6-9-13(19)11-14-15(21)18-17(23)20(16(14)22)12-7-4-3-5-8-12/h3-11H,2H2,1H3,(H,18,21,23)/b14-11+. The molecule has 1 aromatic carbocycles. The largest absolute Gasteiger partial charge is 0.348 e. The van der Waals surface area contributed by atoms with E-state index in [-0.39, 0.29) is 10.7 Å². The van der Waals surface area contributed by atoms with Crippen LogP contribution in [0, 0.1) is 0 Å². The van der Waals surface area contributed by atoms with E-state index in [1.165, 1.54) is 4.90 Å². The van der Waals surface area contributed by atoms with E-state index in [0.717, 1.165) is 12.2 Å². The van der Waals surface area contributed by atoms with Crippen LogP contribution in [-0.2, 0) is 16.1 Å². The molecule has 0 saturated carbocycles. The molecule has 6 heteroatoms. The monoisotopic (exact) mass is 325 g/mol. The molecule has 0 atom stereocenters. The van der Waals surface area contributed by atoms with Gasteiger partial charge in [0.05, 0.1) is 5.69 Å². The molecular formula is C17H15N3O2S. The van der Waals surface area contributed by atoms with Crippen LogP contribution in [-0.4, -0.2) is 21.5 Å². The number of rotatable bonds is 3. The van der Waals surface area contributed by atoms with Gasteiger partial charge in [-0.1, -0.05) is 18.2 Å². The minimum absolute atomic E-state index is 0.0656. The zero-order chi connectivity index (χ0) is 16.4. The maximum atomic E-state index is 12.8. The molecule has 23 heavy (non-hydrogen) atoms. The number of benzene rings is 1. The average Bonchev–Trinajstić information content (AvgIpc) is 2.99. The summed E-state index contributed by atoms with van der Waals surface area (Å²) in [6, 6.07) is 12.8. The first-order valence-electron chi connectivity index (χ1n) is 7.23. The average molecular weight is 325 g/mol. The van der Waals surface area contributed by atoms with E-state index in [1.807, 2.05) is 48.0 Å². The molecule has 3 rings (SSSR count). The van der Waals surface area contributed by atoms with Gasteiger partial charge in [0.2, 0.25) is 0 Å². The first-order chi connectivity index (χ1) is 11.1. The molecule has 5 nitrogen and oxygen atoms in total. The Hall–Kier alpha value is -2.73. The van der Waals surface area contributed by atoms with Gasteiger partial charge in [0.15, 0.2) is 5.11 Å². The number of nitrogens with zero attached hydrogens (tertiary/aromatic N) is 2. The molecule has 116 valence electrons. The normalized spacial score (nSPS) is 16.8. The first kappa shape index (κ1) is 15.2. The molecule has 1 aliphatic heterocycles. The predicted octanol–water partition coefficient (Wildman–Crippen LogP) is 2.34. The van der Waals surface area contributed by atoms with Crippen molar-refractivity contribution in [3.63, 3.8) is 0 Å². The highest BCUT2D eigenvalue weighted by molar-refractivity contribution is 7.80. The van der Waals surface area contributed by atoms with Gasteiger partial charge in [-0.2, -0.15) is 0 Å². The van der Waals surface area contributed by atoms with Crippen LogP contribution in [0.1, 0.15) is 12.6 Å². The van der Waals surface area contributed by atoms with Crippen LogP contribution < -0.4 is 10.2 Å². The number of anilines is 1. The third kappa shape index (κ3) is 2.80. The third-order valence-electron chi connectivity index (χ3n) is 3.61. The van der Waals surface area contributed by atoms with Crippen LogP contribution in [0.25, 0.3) is 6.08 Å². The Bertz CT molecular complexity index is 808. The van der Waals surface area contributed by atoms with Gasteiger partial charge in [-0.25, -0.2) is 0 Å². The Kier molecular flexibility index (Phi) is 4.08. The summed E-state index contributed by atoms with van der Waals surface area (Å²) in [5.74, 6) is -0.898. The molecule has 2 heterocycles. The Morgan fingerprint density at radius 1 is 1.13 bits per heavy atom. The van der Waals surface area contributed by atoms with Crippen LogP contribution >= 0.6 is 12.2 Å². The number of thiocarbonyl (C=S) groups is 1. The molecule has 1 aromatic heterocycles. The van der Waals surface area contributed by atoms with Gasteiger partial charge >= 0.3 is 0 Å². The molecule has 1 N–H and O–H groups in total. The molecule has 0 radical (unpaired) electrons. The molecule has 2 aromatic rings. The number of aromatic nitrogens is 1. The zero-order valence-electron chi connectivity index (χ0n) is 12.5. The summed E-state index contributed by atoms with van der Waals surface area (Å²) in [4.78, 5) is 26.3. The van der Waals surface area contributed by atoms with Crippen molar-refractivity contribution in [1.29, 1.82) is 0 Å². The van der Waals surface area contributed by atoms with E-state index in [0.29, 0.717) is 5.69 Å². The van der Waals surface area contributed by atoms with Gasteiger partial charge in [0, 0.05) is 18.4 Å². The number of para-hydroxylation sites is 1. The lowest BCUT2D eigenvalue weighted by Gasteiger charge is -2.28. The highest BCUT2D eigenvalue weighted by atomic mass is 32.1. The first-order valence-corrected chi connectivity index (χ1v) is 7.64. The van der Waals surface area contributed by atoms with Crippen molar-refractivity contribution in [2.45, 2.75) is 13.5 Å². The number of hydrogen-bond acceptors (Lipinski definition) is 3. The van der Waals surface area contributed by atoms with E-state index in [9.17, 15) is 9.59 Å². The van der Waals surface area contributed by atoms with E-state index in [2.05, 4.69) is 5.32 Å². The summed E-state index contributed by atoms with van der Waals surface area (Å²) >= 11 is 5.15. The molecule has 1 fully saturated rings. The lowest BCUT2D eigenvalue weighted by molar-refractivity contribution is -0.122. The van der Waals surface area contributed by atoms with Crippen molar-refractivity contribution in [1.82, 2.24) is 9.88 Å². The predicted molar refractivity (Wildman–Crippen MR) is 92.8 cm³/mol. The number of carbonyl (C=O) groups is 2.